The third kappa shape index (κ3) is 3.27. The van der Waals surface area contributed by atoms with Gasteiger partial charge in [0.15, 0.2) is 0 Å². The Hall–Kier alpha value is -1.41. The maximum atomic E-state index is 10.00. The third-order valence-electron chi connectivity index (χ3n) is 3.15. The van der Waals surface area contributed by atoms with Gasteiger partial charge in [-0.25, -0.2) is 0 Å². The fourth-order valence-electron chi connectivity index (χ4n) is 2.11. The lowest BCUT2D eigenvalue weighted by Crippen LogP contribution is -2.47. The predicted molar refractivity (Wildman–Crippen MR) is 64.2 cm³/mol. The lowest BCUT2D eigenvalue weighted by molar-refractivity contribution is -0.140. The number of nitrogens with one attached hydrogen (secondary N) is 1. The molecule has 0 unspecified atom stereocenters. The van der Waals surface area contributed by atoms with Crippen molar-refractivity contribution in [2.75, 3.05) is 6.54 Å². The number of nitriles is 1. The summed E-state index contributed by atoms with van der Waals surface area (Å²) in [4.78, 5) is 0. The molecule has 2 atom stereocenters. The number of hydroxylamine groups is 2. The molecular weight excluding hydrogens is 214 g/mol. The summed E-state index contributed by atoms with van der Waals surface area (Å²) in [5, 5.41) is 23.3. The molecule has 0 spiro atoms. The lowest BCUT2D eigenvalue weighted by Gasteiger charge is -2.31. The Labute approximate surface area is 101 Å². The highest BCUT2D eigenvalue weighted by Crippen LogP contribution is 2.14. The summed E-state index contributed by atoms with van der Waals surface area (Å²) in [7, 11) is 0. The maximum Gasteiger partial charge on any atom is 0.0954 e. The van der Waals surface area contributed by atoms with Gasteiger partial charge in [0.25, 0.3) is 0 Å². The molecule has 0 saturated carbocycles. The van der Waals surface area contributed by atoms with Crippen molar-refractivity contribution in [3.63, 3.8) is 0 Å². The van der Waals surface area contributed by atoms with Crippen LogP contribution in [0, 0.1) is 11.3 Å². The van der Waals surface area contributed by atoms with Gasteiger partial charge in [-0.1, -0.05) is 30.3 Å². The van der Waals surface area contributed by atoms with E-state index in [1.165, 1.54) is 5.06 Å². The molecule has 1 aromatic rings. The van der Waals surface area contributed by atoms with Crippen LogP contribution in [-0.4, -0.2) is 28.9 Å². The van der Waals surface area contributed by atoms with Crippen molar-refractivity contribution in [1.82, 2.24) is 10.4 Å². The molecule has 4 heteroatoms. The molecule has 17 heavy (non-hydrogen) atoms. The molecule has 4 nitrogen and oxygen atoms in total. The van der Waals surface area contributed by atoms with Gasteiger partial charge >= 0.3 is 0 Å². The van der Waals surface area contributed by atoms with Crippen molar-refractivity contribution >= 4 is 0 Å². The molecule has 0 aromatic heterocycles. The number of rotatable bonds is 3. The molecule has 0 radical (unpaired) electrons. The summed E-state index contributed by atoms with van der Waals surface area (Å²) < 4.78 is 0. The van der Waals surface area contributed by atoms with Crippen LogP contribution < -0.4 is 5.32 Å². The molecule has 0 amide bonds. The van der Waals surface area contributed by atoms with Crippen LogP contribution in [0.2, 0.25) is 0 Å². The van der Waals surface area contributed by atoms with Crippen molar-refractivity contribution < 1.29 is 5.21 Å². The number of hydrogen-bond acceptors (Lipinski definition) is 4. The summed E-state index contributed by atoms with van der Waals surface area (Å²) in [6.45, 7) is 1.20. The molecule has 1 aliphatic heterocycles. The average molecular weight is 231 g/mol. The van der Waals surface area contributed by atoms with Crippen LogP contribution >= 0.6 is 0 Å². The van der Waals surface area contributed by atoms with Crippen LogP contribution in [0.4, 0.5) is 0 Å². The molecule has 2 rings (SSSR count). The zero-order valence-corrected chi connectivity index (χ0v) is 9.71. The minimum Gasteiger partial charge on any atom is -0.313 e. The van der Waals surface area contributed by atoms with Gasteiger partial charge in [-0.2, -0.15) is 10.3 Å². The molecule has 0 bridgehead atoms. The van der Waals surface area contributed by atoms with E-state index in [2.05, 4.69) is 11.4 Å². The summed E-state index contributed by atoms with van der Waals surface area (Å²) in [5.74, 6) is 0. The molecule has 1 saturated heterocycles. The summed E-state index contributed by atoms with van der Waals surface area (Å²) in [6, 6.07) is 12.1. The standard InChI is InChI=1S/C13H17N3O/c14-8-12-6-7-13(9-15-12)16(17)10-11-4-2-1-3-5-11/h1-5,12-13,15,17H,6-7,9-10H2/t12-,13+/m0/s1. The molecule has 1 aliphatic rings. The quantitative estimate of drug-likeness (QED) is 0.774. The monoisotopic (exact) mass is 231 g/mol. The van der Waals surface area contributed by atoms with Crippen molar-refractivity contribution in [3.05, 3.63) is 35.9 Å². The van der Waals surface area contributed by atoms with Crippen LogP contribution in [-0.2, 0) is 6.54 Å². The molecule has 1 aromatic carbocycles. The summed E-state index contributed by atoms with van der Waals surface area (Å²) in [5.41, 5.74) is 1.09. The molecule has 1 heterocycles. The minimum absolute atomic E-state index is 0.0589. The fraction of sp³-hybridized carbons (Fsp3) is 0.462. The number of piperidine rings is 1. The first-order chi connectivity index (χ1) is 8.29. The molecule has 0 aliphatic carbocycles. The number of hydrogen-bond donors (Lipinski definition) is 2. The van der Waals surface area contributed by atoms with E-state index in [0.717, 1.165) is 18.4 Å². The Balaban J connectivity index is 1.85. The van der Waals surface area contributed by atoms with Crippen molar-refractivity contribution in [3.8, 4) is 6.07 Å². The zero-order valence-electron chi connectivity index (χ0n) is 9.71. The Morgan fingerprint density at radius 3 is 2.71 bits per heavy atom. The van der Waals surface area contributed by atoms with Crippen molar-refractivity contribution in [2.24, 2.45) is 0 Å². The van der Waals surface area contributed by atoms with Gasteiger partial charge in [0.2, 0.25) is 0 Å². The van der Waals surface area contributed by atoms with Gasteiger partial charge < -0.3 is 10.5 Å². The molecule has 2 N–H and O–H groups in total. The largest absolute Gasteiger partial charge is 0.313 e. The topological polar surface area (TPSA) is 59.3 Å². The summed E-state index contributed by atoms with van der Waals surface area (Å²) in [6.07, 6.45) is 1.65. The van der Waals surface area contributed by atoms with E-state index >= 15 is 0 Å². The molecule has 1 fully saturated rings. The highest BCUT2D eigenvalue weighted by Gasteiger charge is 2.24. The van der Waals surface area contributed by atoms with E-state index < -0.39 is 0 Å². The Morgan fingerprint density at radius 2 is 2.12 bits per heavy atom. The second-order valence-corrected chi connectivity index (χ2v) is 4.40. The van der Waals surface area contributed by atoms with Gasteiger partial charge in [-0.3, -0.25) is 0 Å². The normalized spacial score (nSPS) is 24.5. The maximum absolute atomic E-state index is 10.00. The van der Waals surface area contributed by atoms with Crippen LogP contribution in [0.15, 0.2) is 30.3 Å². The third-order valence-corrected chi connectivity index (χ3v) is 3.15. The predicted octanol–water partition coefficient (Wildman–Crippen LogP) is 1.52. The van der Waals surface area contributed by atoms with Crippen LogP contribution in [0.5, 0.6) is 0 Å². The first kappa shape index (κ1) is 12.1. The summed E-state index contributed by atoms with van der Waals surface area (Å²) >= 11 is 0. The van der Waals surface area contributed by atoms with Crippen molar-refractivity contribution in [1.29, 1.82) is 5.26 Å². The first-order valence-electron chi connectivity index (χ1n) is 5.92. The SMILES string of the molecule is N#C[C@@H]1CC[C@@H](N(O)Cc2ccccc2)CN1. The number of nitrogens with zero attached hydrogens (tertiary/aromatic N) is 2. The Kier molecular flexibility index (Phi) is 4.10. The van der Waals surface area contributed by atoms with E-state index in [1.54, 1.807) is 0 Å². The van der Waals surface area contributed by atoms with E-state index in [1.807, 2.05) is 30.3 Å². The molecule has 90 valence electrons. The Morgan fingerprint density at radius 1 is 1.35 bits per heavy atom. The average Bonchev–Trinajstić information content (AvgIpc) is 2.40. The van der Waals surface area contributed by atoms with Gasteiger partial charge in [0.05, 0.1) is 12.1 Å². The number of benzene rings is 1. The van der Waals surface area contributed by atoms with Gasteiger partial charge in [0, 0.05) is 19.1 Å². The van der Waals surface area contributed by atoms with Gasteiger partial charge in [-0.05, 0) is 18.4 Å². The smallest absolute Gasteiger partial charge is 0.0954 e. The fourth-order valence-corrected chi connectivity index (χ4v) is 2.11. The molecular formula is C13H17N3O. The van der Waals surface area contributed by atoms with Crippen molar-refractivity contribution in [2.45, 2.75) is 31.5 Å². The van der Waals surface area contributed by atoms with E-state index in [-0.39, 0.29) is 12.1 Å². The first-order valence-corrected chi connectivity index (χ1v) is 5.92. The van der Waals surface area contributed by atoms with Crippen LogP contribution in [0.3, 0.4) is 0 Å². The zero-order chi connectivity index (χ0) is 12.1. The van der Waals surface area contributed by atoms with Crippen LogP contribution in [0.1, 0.15) is 18.4 Å². The van der Waals surface area contributed by atoms with Gasteiger partial charge in [-0.15, -0.1) is 0 Å². The minimum atomic E-state index is -0.0589. The van der Waals surface area contributed by atoms with E-state index in [9.17, 15) is 5.21 Å². The second kappa shape index (κ2) is 5.78. The lowest BCUT2D eigenvalue weighted by atomic mass is 10.0. The van der Waals surface area contributed by atoms with Gasteiger partial charge in [0.1, 0.15) is 0 Å². The second-order valence-electron chi connectivity index (χ2n) is 4.40. The van der Waals surface area contributed by atoms with E-state index in [4.69, 9.17) is 5.26 Å². The Bertz CT molecular complexity index is 379. The van der Waals surface area contributed by atoms with E-state index in [0.29, 0.717) is 13.1 Å². The van der Waals surface area contributed by atoms with Crippen LogP contribution in [0.25, 0.3) is 0 Å². The highest BCUT2D eigenvalue weighted by atomic mass is 16.5. The highest BCUT2D eigenvalue weighted by molar-refractivity contribution is 5.14.